The van der Waals surface area contributed by atoms with Gasteiger partial charge in [0, 0.05) is 21.3 Å². The van der Waals surface area contributed by atoms with E-state index in [9.17, 15) is 9.59 Å². The van der Waals surface area contributed by atoms with Crippen LogP contribution in [0.25, 0.3) is 10.6 Å². The highest BCUT2D eigenvalue weighted by Gasteiger charge is 2.27. The minimum Gasteiger partial charge on any atom is -0.326 e. The molecule has 1 heterocycles. The van der Waals surface area contributed by atoms with Gasteiger partial charge >= 0.3 is 6.03 Å². The maximum atomic E-state index is 12.9. The maximum absolute atomic E-state index is 12.9. The van der Waals surface area contributed by atoms with E-state index < -0.39 is 12.1 Å². The van der Waals surface area contributed by atoms with Gasteiger partial charge in [-0.15, -0.1) is 10.2 Å². The summed E-state index contributed by atoms with van der Waals surface area (Å²) in [4.78, 5) is 25.5. The third kappa shape index (κ3) is 6.18. The number of carbonyl (C=O) groups excluding carboxylic acids is 2. The molecule has 0 fully saturated rings. The van der Waals surface area contributed by atoms with Crippen LogP contribution in [-0.2, 0) is 4.79 Å². The van der Waals surface area contributed by atoms with Gasteiger partial charge in [0.25, 0.3) is 0 Å². The molecule has 0 aliphatic carbocycles. The highest BCUT2D eigenvalue weighted by Crippen LogP contribution is 2.28. The second kappa shape index (κ2) is 10.8. The molecule has 3 aromatic rings. The molecule has 3 rings (SSSR count). The SMILES string of the molecule is CC[C@@H](C)[C@H](NC(=O)Nc1ccc(C)c(Cl)c1)C(=O)Nc1nnc(-c2cccc(Cl)c2)s1. The first-order valence-corrected chi connectivity index (χ1v) is 11.6. The molecule has 0 saturated carbocycles. The number of nitrogens with zero attached hydrogens (tertiary/aromatic N) is 2. The zero-order chi connectivity index (χ0) is 23.3. The summed E-state index contributed by atoms with van der Waals surface area (Å²) in [6, 6.07) is 11.2. The Morgan fingerprint density at radius 2 is 1.88 bits per heavy atom. The zero-order valence-corrected chi connectivity index (χ0v) is 20.1. The van der Waals surface area contributed by atoms with Crippen molar-refractivity contribution in [1.29, 1.82) is 0 Å². The molecule has 3 N–H and O–H groups in total. The highest BCUT2D eigenvalue weighted by molar-refractivity contribution is 7.18. The van der Waals surface area contributed by atoms with Gasteiger partial charge in [-0.25, -0.2) is 4.79 Å². The molecule has 2 aromatic carbocycles. The van der Waals surface area contributed by atoms with Crippen LogP contribution in [0, 0.1) is 12.8 Å². The number of anilines is 2. The largest absolute Gasteiger partial charge is 0.326 e. The van der Waals surface area contributed by atoms with Crippen molar-refractivity contribution in [1.82, 2.24) is 15.5 Å². The average molecular weight is 492 g/mol. The molecule has 0 saturated heterocycles. The van der Waals surface area contributed by atoms with E-state index in [1.807, 2.05) is 39.0 Å². The van der Waals surface area contributed by atoms with Gasteiger partial charge in [0.15, 0.2) is 0 Å². The molecular weight excluding hydrogens is 469 g/mol. The van der Waals surface area contributed by atoms with Crippen LogP contribution < -0.4 is 16.0 Å². The van der Waals surface area contributed by atoms with Crippen LogP contribution >= 0.6 is 34.5 Å². The molecule has 10 heteroatoms. The van der Waals surface area contributed by atoms with Crippen LogP contribution in [0.5, 0.6) is 0 Å². The molecule has 0 radical (unpaired) electrons. The van der Waals surface area contributed by atoms with Crippen molar-refractivity contribution in [2.45, 2.75) is 33.2 Å². The van der Waals surface area contributed by atoms with Crippen LogP contribution in [0.4, 0.5) is 15.6 Å². The van der Waals surface area contributed by atoms with E-state index in [0.717, 1.165) is 11.1 Å². The second-order valence-corrected chi connectivity index (χ2v) is 9.16. The van der Waals surface area contributed by atoms with Crippen molar-refractivity contribution < 1.29 is 9.59 Å². The van der Waals surface area contributed by atoms with Crippen LogP contribution in [0.15, 0.2) is 42.5 Å². The lowest BCUT2D eigenvalue weighted by Crippen LogP contribution is -2.49. The Labute approximate surface area is 200 Å². The number of aromatic nitrogens is 2. The van der Waals surface area contributed by atoms with Gasteiger partial charge in [0.2, 0.25) is 11.0 Å². The summed E-state index contributed by atoms with van der Waals surface area (Å²) in [6.45, 7) is 5.72. The lowest BCUT2D eigenvalue weighted by molar-refractivity contribution is -0.119. The smallest absolute Gasteiger partial charge is 0.319 e. The number of rotatable bonds is 7. The first-order valence-electron chi connectivity index (χ1n) is 10.0. The van der Waals surface area contributed by atoms with E-state index in [1.165, 1.54) is 11.3 Å². The summed E-state index contributed by atoms with van der Waals surface area (Å²) in [5.41, 5.74) is 2.25. The number of halogens is 2. The lowest BCUT2D eigenvalue weighted by Gasteiger charge is -2.23. The Bertz CT molecular complexity index is 1120. The molecule has 7 nitrogen and oxygen atoms in total. The summed E-state index contributed by atoms with van der Waals surface area (Å²) in [5, 5.41) is 18.5. The zero-order valence-electron chi connectivity index (χ0n) is 17.8. The van der Waals surface area contributed by atoms with Gasteiger partial charge in [0.05, 0.1) is 0 Å². The number of benzene rings is 2. The fraction of sp³-hybridized carbons (Fsp3) is 0.273. The Morgan fingerprint density at radius 1 is 1.09 bits per heavy atom. The number of aryl methyl sites for hydroxylation is 1. The summed E-state index contributed by atoms with van der Waals surface area (Å²) < 4.78 is 0. The van der Waals surface area contributed by atoms with E-state index >= 15 is 0 Å². The number of hydrogen-bond acceptors (Lipinski definition) is 5. The van der Waals surface area contributed by atoms with Crippen molar-refractivity contribution in [3.05, 3.63) is 58.1 Å². The molecule has 0 bridgehead atoms. The number of nitrogens with one attached hydrogen (secondary N) is 3. The van der Waals surface area contributed by atoms with E-state index in [-0.39, 0.29) is 11.8 Å². The lowest BCUT2D eigenvalue weighted by atomic mass is 9.98. The monoisotopic (exact) mass is 491 g/mol. The van der Waals surface area contributed by atoms with E-state index in [0.29, 0.717) is 32.3 Å². The molecule has 0 aliphatic rings. The van der Waals surface area contributed by atoms with Gasteiger partial charge in [-0.3, -0.25) is 10.1 Å². The van der Waals surface area contributed by atoms with Crippen LogP contribution in [-0.4, -0.2) is 28.2 Å². The van der Waals surface area contributed by atoms with E-state index in [2.05, 4.69) is 26.1 Å². The van der Waals surface area contributed by atoms with Gasteiger partial charge in [0.1, 0.15) is 11.0 Å². The van der Waals surface area contributed by atoms with Gasteiger partial charge in [-0.2, -0.15) is 0 Å². The predicted octanol–water partition coefficient (Wildman–Crippen LogP) is 6.00. The molecule has 1 aromatic heterocycles. The van der Waals surface area contributed by atoms with Crippen molar-refractivity contribution in [3.8, 4) is 10.6 Å². The summed E-state index contributed by atoms with van der Waals surface area (Å²) in [7, 11) is 0. The third-order valence-electron chi connectivity index (χ3n) is 4.94. The maximum Gasteiger partial charge on any atom is 0.319 e. The highest BCUT2D eigenvalue weighted by atomic mass is 35.5. The normalized spacial score (nSPS) is 12.7. The fourth-order valence-electron chi connectivity index (χ4n) is 2.88. The average Bonchev–Trinajstić information content (AvgIpc) is 3.22. The Kier molecular flexibility index (Phi) is 8.06. The molecule has 168 valence electrons. The van der Waals surface area contributed by atoms with E-state index in [1.54, 1.807) is 24.3 Å². The van der Waals surface area contributed by atoms with Crippen molar-refractivity contribution in [2.75, 3.05) is 10.6 Å². The first-order chi connectivity index (χ1) is 15.3. The summed E-state index contributed by atoms with van der Waals surface area (Å²) in [5.74, 6) is -0.479. The predicted molar refractivity (Wildman–Crippen MR) is 131 cm³/mol. The molecular formula is C22H23Cl2N5O2S. The fourth-order valence-corrected chi connectivity index (χ4v) is 3.99. The number of amides is 3. The second-order valence-electron chi connectivity index (χ2n) is 7.34. The number of hydrogen-bond donors (Lipinski definition) is 3. The number of carbonyl (C=O) groups is 2. The third-order valence-corrected chi connectivity index (χ3v) is 6.47. The van der Waals surface area contributed by atoms with Gasteiger partial charge in [-0.05, 0) is 42.7 Å². The van der Waals surface area contributed by atoms with Crippen LogP contribution in [0.2, 0.25) is 10.0 Å². The standard InChI is InChI=1S/C22H23Cl2N5O2S/c1-4-12(2)18(26-21(31)25-16-9-8-13(3)17(24)11-16)19(30)27-22-29-28-20(32-22)14-6-5-7-15(23)10-14/h5-12,18H,4H2,1-3H3,(H2,25,26,31)(H,27,29,30)/t12-,18+/m1/s1. The minimum absolute atomic E-state index is 0.109. The Morgan fingerprint density at radius 3 is 2.56 bits per heavy atom. The van der Waals surface area contributed by atoms with Crippen molar-refractivity contribution in [3.63, 3.8) is 0 Å². The topological polar surface area (TPSA) is 96.0 Å². The van der Waals surface area contributed by atoms with Crippen molar-refractivity contribution in [2.24, 2.45) is 5.92 Å². The Balaban J connectivity index is 1.68. The van der Waals surface area contributed by atoms with Crippen LogP contribution in [0.1, 0.15) is 25.8 Å². The molecule has 0 spiro atoms. The molecule has 0 unspecified atom stereocenters. The first kappa shape index (κ1) is 24.0. The quantitative estimate of drug-likeness (QED) is 0.377. The van der Waals surface area contributed by atoms with Gasteiger partial charge < -0.3 is 10.6 Å². The minimum atomic E-state index is -0.764. The molecule has 3 amide bonds. The molecule has 2 atom stereocenters. The molecule has 0 aliphatic heterocycles. The number of urea groups is 1. The Hall–Kier alpha value is -2.68. The van der Waals surface area contributed by atoms with E-state index in [4.69, 9.17) is 23.2 Å². The summed E-state index contributed by atoms with van der Waals surface area (Å²) >= 11 is 13.4. The van der Waals surface area contributed by atoms with Crippen LogP contribution in [0.3, 0.4) is 0 Å². The van der Waals surface area contributed by atoms with Crippen molar-refractivity contribution >= 4 is 57.3 Å². The summed E-state index contributed by atoms with van der Waals surface area (Å²) in [6.07, 6.45) is 0.693. The van der Waals surface area contributed by atoms with Gasteiger partial charge in [-0.1, -0.05) is 73.0 Å². The molecule has 32 heavy (non-hydrogen) atoms.